The number of carbonyl (C=O) groups excluding carboxylic acids is 2. The average molecular weight is 542 g/mol. The number of benzene rings is 2. The summed E-state index contributed by atoms with van der Waals surface area (Å²) in [7, 11) is 9.34. The Labute approximate surface area is 234 Å². The molecule has 0 spiro atoms. The molecule has 0 aliphatic heterocycles. The predicted molar refractivity (Wildman–Crippen MR) is 160 cm³/mol. The van der Waals surface area contributed by atoms with Crippen LogP contribution in [0.4, 0.5) is 23.0 Å². The van der Waals surface area contributed by atoms with E-state index in [0.717, 1.165) is 52.2 Å². The Hall–Kier alpha value is -4.70. The molecule has 2 N–H and O–H groups in total. The molecule has 4 rings (SSSR count). The van der Waals surface area contributed by atoms with Gasteiger partial charge in [0.25, 0.3) is 0 Å². The minimum absolute atomic E-state index is 0.290. The van der Waals surface area contributed by atoms with Crippen LogP contribution in [0.5, 0.6) is 0 Å². The van der Waals surface area contributed by atoms with Crippen molar-refractivity contribution < 1.29 is 14.3 Å². The van der Waals surface area contributed by atoms with Crippen LogP contribution in [0.3, 0.4) is 0 Å². The van der Waals surface area contributed by atoms with Crippen LogP contribution in [-0.4, -0.2) is 72.7 Å². The number of methoxy groups -OCH3 is 1. The first-order chi connectivity index (χ1) is 19.1. The SMILES string of the molecule is C=CC(=O)Nc1cc(Nc2nccc(-c3cn(C)c4cc(C(=O)OC)ccc34)n2)c(C)cc1N(C)CCN(C)C. The van der Waals surface area contributed by atoms with E-state index in [9.17, 15) is 9.59 Å². The first-order valence-corrected chi connectivity index (χ1v) is 12.8. The smallest absolute Gasteiger partial charge is 0.337 e. The first-order valence-electron chi connectivity index (χ1n) is 12.8. The Morgan fingerprint density at radius 1 is 1.10 bits per heavy atom. The zero-order chi connectivity index (χ0) is 29.0. The average Bonchev–Trinajstić information content (AvgIpc) is 3.28. The highest BCUT2D eigenvalue weighted by molar-refractivity contribution is 6.02. The maximum Gasteiger partial charge on any atom is 0.337 e. The van der Waals surface area contributed by atoms with Gasteiger partial charge in [-0.05, 0) is 63.0 Å². The third-order valence-corrected chi connectivity index (χ3v) is 6.67. The Morgan fingerprint density at radius 3 is 2.58 bits per heavy atom. The van der Waals surface area contributed by atoms with E-state index in [1.165, 1.54) is 13.2 Å². The molecule has 0 unspecified atom stereocenters. The highest BCUT2D eigenvalue weighted by Gasteiger charge is 2.16. The topological polar surface area (TPSA) is 105 Å². The van der Waals surface area contributed by atoms with E-state index in [1.807, 2.05) is 76.2 Å². The van der Waals surface area contributed by atoms with Gasteiger partial charge in [-0.2, -0.15) is 0 Å². The van der Waals surface area contributed by atoms with E-state index < -0.39 is 0 Å². The number of amides is 1. The van der Waals surface area contributed by atoms with E-state index >= 15 is 0 Å². The summed E-state index contributed by atoms with van der Waals surface area (Å²) in [6.45, 7) is 7.23. The molecule has 0 saturated heterocycles. The molecule has 4 aromatic rings. The summed E-state index contributed by atoms with van der Waals surface area (Å²) in [5, 5.41) is 7.21. The number of likely N-dealkylation sites (N-methyl/N-ethyl adjacent to an activating group) is 2. The minimum atomic E-state index is -0.382. The van der Waals surface area contributed by atoms with Crippen LogP contribution >= 0.6 is 0 Å². The Kier molecular flexibility index (Phi) is 8.49. The summed E-state index contributed by atoms with van der Waals surface area (Å²) in [6, 6.07) is 11.2. The van der Waals surface area contributed by atoms with Crippen LogP contribution in [0, 0.1) is 6.92 Å². The summed E-state index contributed by atoms with van der Waals surface area (Å²) < 4.78 is 6.82. The van der Waals surface area contributed by atoms with Crippen molar-refractivity contribution in [1.82, 2.24) is 19.4 Å². The minimum Gasteiger partial charge on any atom is -0.465 e. The zero-order valence-electron chi connectivity index (χ0n) is 23.8. The van der Waals surface area contributed by atoms with E-state index in [4.69, 9.17) is 9.72 Å². The number of ether oxygens (including phenoxy) is 1. The van der Waals surface area contributed by atoms with Gasteiger partial charge in [-0.15, -0.1) is 0 Å². The summed E-state index contributed by atoms with van der Waals surface area (Å²) in [5.74, 6) is -0.257. The zero-order valence-corrected chi connectivity index (χ0v) is 23.8. The van der Waals surface area contributed by atoms with Gasteiger partial charge >= 0.3 is 5.97 Å². The number of anilines is 4. The molecule has 40 heavy (non-hydrogen) atoms. The lowest BCUT2D eigenvalue weighted by molar-refractivity contribution is -0.111. The summed E-state index contributed by atoms with van der Waals surface area (Å²) in [6.07, 6.45) is 4.93. The molecular weight excluding hydrogens is 506 g/mol. The second kappa shape index (κ2) is 12.0. The van der Waals surface area contributed by atoms with Gasteiger partial charge in [0.1, 0.15) is 0 Å². The quantitative estimate of drug-likeness (QED) is 0.222. The third-order valence-electron chi connectivity index (χ3n) is 6.67. The van der Waals surface area contributed by atoms with E-state index in [2.05, 4.69) is 32.0 Å². The largest absolute Gasteiger partial charge is 0.465 e. The fourth-order valence-electron chi connectivity index (χ4n) is 4.42. The van der Waals surface area contributed by atoms with Crippen LogP contribution in [0.25, 0.3) is 22.2 Å². The first kappa shape index (κ1) is 28.3. The van der Waals surface area contributed by atoms with Crippen molar-refractivity contribution in [2.75, 3.05) is 56.9 Å². The van der Waals surface area contributed by atoms with E-state index in [-0.39, 0.29) is 11.9 Å². The molecule has 1 amide bonds. The van der Waals surface area contributed by atoms with Gasteiger partial charge in [0.2, 0.25) is 11.9 Å². The summed E-state index contributed by atoms with van der Waals surface area (Å²) >= 11 is 0. The number of hydrogen-bond acceptors (Lipinski definition) is 8. The van der Waals surface area contributed by atoms with Crippen molar-refractivity contribution in [3.63, 3.8) is 0 Å². The fraction of sp³-hybridized carbons (Fsp3) is 0.267. The maximum atomic E-state index is 12.2. The Morgan fingerprint density at radius 2 is 1.88 bits per heavy atom. The molecule has 0 atom stereocenters. The van der Waals surface area contributed by atoms with Gasteiger partial charge in [-0.25, -0.2) is 14.8 Å². The molecule has 2 heterocycles. The number of fused-ring (bicyclic) bond motifs is 1. The number of carbonyl (C=O) groups is 2. The molecule has 2 aromatic carbocycles. The van der Waals surface area contributed by atoms with Crippen molar-refractivity contribution in [1.29, 1.82) is 0 Å². The Balaban J connectivity index is 1.68. The van der Waals surface area contributed by atoms with Gasteiger partial charge in [0, 0.05) is 61.7 Å². The lowest BCUT2D eigenvalue weighted by Gasteiger charge is -2.25. The number of nitrogens with one attached hydrogen (secondary N) is 2. The fourth-order valence-corrected chi connectivity index (χ4v) is 4.42. The lowest BCUT2D eigenvalue weighted by Crippen LogP contribution is -2.29. The molecule has 0 fully saturated rings. The van der Waals surface area contributed by atoms with Gasteiger partial charge in [-0.3, -0.25) is 4.79 Å². The standard InChI is InChI=1S/C30H35N7O3/c1-8-28(38)32-25-17-24(19(2)15-27(25)36(5)14-13-35(3)4)34-30-31-12-11-23(33-30)22-18-37(6)26-16-20(29(39)40-7)9-10-21(22)26/h8-12,15-18H,1,13-14H2,2-7H3,(H,32,38)(H,31,33,34). The predicted octanol–water partition coefficient (Wildman–Crippen LogP) is 4.60. The van der Waals surface area contributed by atoms with Gasteiger partial charge in [-0.1, -0.05) is 12.6 Å². The molecule has 0 bridgehead atoms. The number of nitrogens with zero attached hydrogens (tertiary/aromatic N) is 5. The number of hydrogen-bond donors (Lipinski definition) is 2. The monoisotopic (exact) mass is 541 g/mol. The van der Waals surface area contributed by atoms with Crippen molar-refractivity contribution in [2.24, 2.45) is 7.05 Å². The normalized spacial score (nSPS) is 11.0. The van der Waals surface area contributed by atoms with Gasteiger partial charge < -0.3 is 29.7 Å². The molecule has 10 heteroatoms. The number of rotatable bonds is 10. The van der Waals surface area contributed by atoms with Crippen molar-refractivity contribution >= 4 is 45.8 Å². The molecule has 208 valence electrons. The van der Waals surface area contributed by atoms with E-state index in [1.54, 1.807) is 12.3 Å². The second-order valence-corrected chi connectivity index (χ2v) is 9.87. The molecule has 2 aromatic heterocycles. The number of esters is 1. The van der Waals surface area contributed by atoms with Gasteiger partial charge in [0.05, 0.1) is 29.7 Å². The molecule has 10 nitrogen and oxygen atoms in total. The highest BCUT2D eigenvalue weighted by Crippen LogP contribution is 2.34. The lowest BCUT2D eigenvalue weighted by atomic mass is 10.1. The van der Waals surface area contributed by atoms with Crippen LogP contribution in [0.2, 0.25) is 0 Å². The Bertz CT molecular complexity index is 1580. The van der Waals surface area contributed by atoms with E-state index in [0.29, 0.717) is 17.2 Å². The second-order valence-electron chi connectivity index (χ2n) is 9.87. The van der Waals surface area contributed by atoms with Crippen LogP contribution in [0.1, 0.15) is 15.9 Å². The van der Waals surface area contributed by atoms with Crippen LogP contribution < -0.4 is 15.5 Å². The molecule has 0 aliphatic rings. The highest BCUT2D eigenvalue weighted by atomic mass is 16.5. The summed E-state index contributed by atoms with van der Waals surface area (Å²) in [5.41, 5.74) is 6.30. The summed E-state index contributed by atoms with van der Waals surface area (Å²) in [4.78, 5) is 37.7. The van der Waals surface area contributed by atoms with Crippen molar-refractivity contribution in [2.45, 2.75) is 6.92 Å². The van der Waals surface area contributed by atoms with Crippen molar-refractivity contribution in [3.05, 3.63) is 72.6 Å². The van der Waals surface area contributed by atoms with Crippen molar-refractivity contribution in [3.8, 4) is 11.3 Å². The number of aryl methyl sites for hydroxylation is 2. The molecule has 0 radical (unpaired) electrons. The molecule has 0 aliphatic carbocycles. The van der Waals surface area contributed by atoms with Crippen LogP contribution in [0.15, 0.2) is 61.4 Å². The third kappa shape index (κ3) is 6.13. The molecule has 0 saturated carbocycles. The maximum absolute atomic E-state index is 12.2. The number of aromatic nitrogens is 3. The van der Waals surface area contributed by atoms with Crippen LogP contribution in [-0.2, 0) is 16.6 Å². The molecular formula is C30H35N7O3. The van der Waals surface area contributed by atoms with Gasteiger partial charge in [0.15, 0.2) is 0 Å².